The molecular weight excluding hydrogens is 312 g/mol. The Kier molecular flexibility index (Phi) is 3.08. The van der Waals surface area contributed by atoms with Crippen LogP contribution in [0.3, 0.4) is 0 Å². The summed E-state index contributed by atoms with van der Waals surface area (Å²) in [6.07, 6.45) is 5.92. The second-order valence-corrected chi connectivity index (χ2v) is 8.17. The number of amides is 1. The molecule has 1 aromatic rings. The zero-order chi connectivity index (χ0) is 16.2. The molecule has 0 aromatic carbocycles. The molecule has 120 valence electrons. The Morgan fingerprint density at radius 1 is 1.22 bits per heavy atom. The lowest BCUT2D eigenvalue weighted by atomic mass is 9.35. The monoisotopic (exact) mass is 330 g/mol. The minimum atomic E-state index is -0.425. The summed E-state index contributed by atoms with van der Waals surface area (Å²) in [5.41, 5.74) is 0.930. The molecule has 1 N–H and O–H groups in total. The number of hydrogen-bond donors (Lipinski definition) is 1. The van der Waals surface area contributed by atoms with Crippen LogP contribution in [-0.2, 0) is 27.2 Å². The van der Waals surface area contributed by atoms with Crippen LogP contribution in [0.1, 0.15) is 48.1 Å². The molecule has 0 saturated heterocycles. The largest absolute Gasteiger partial charge is 0.469 e. The van der Waals surface area contributed by atoms with Crippen molar-refractivity contribution in [3.63, 3.8) is 0 Å². The number of carbonyl (C=O) groups excluding carboxylic acids is 2. The van der Waals surface area contributed by atoms with E-state index < -0.39 is 10.8 Å². The number of thiophene rings is 1. The van der Waals surface area contributed by atoms with Crippen LogP contribution in [0, 0.1) is 22.2 Å². The first-order valence-corrected chi connectivity index (χ1v) is 8.80. The fraction of sp³-hybridized carbons (Fsp3) is 0.588. The van der Waals surface area contributed by atoms with Gasteiger partial charge in [0.25, 0.3) is 0 Å². The van der Waals surface area contributed by atoms with Gasteiger partial charge in [-0.25, -0.2) is 0 Å². The lowest BCUT2D eigenvalue weighted by Crippen LogP contribution is -2.69. The van der Waals surface area contributed by atoms with Crippen LogP contribution >= 0.6 is 11.3 Å². The van der Waals surface area contributed by atoms with Gasteiger partial charge in [0, 0.05) is 4.88 Å². The number of rotatable bonds is 3. The summed E-state index contributed by atoms with van der Waals surface area (Å²) in [4.78, 5) is 25.6. The van der Waals surface area contributed by atoms with E-state index in [2.05, 4.69) is 11.4 Å². The van der Waals surface area contributed by atoms with Crippen LogP contribution in [0.5, 0.6) is 0 Å². The van der Waals surface area contributed by atoms with Crippen LogP contribution in [-0.4, -0.2) is 19.0 Å². The first-order chi connectivity index (χ1) is 11.0. The summed E-state index contributed by atoms with van der Waals surface area (Å²) >= 11 is 1.55. The van der Waals surface area contributed by atoms with E-state index in [9.17, 15) is 14.9 Å². The van der Waals surface area contributed by atoms with Gasteiger partial charge in [-0.05, 0) is 50.5 Å². The number of hydrogen-bond acceptors (Lipinski definition) is 5. The Hall–Kier alpha value is -1.87. The highest BCUT2D eigenvalue weighted by atomic mass is 32.1. The van der Waals surface area contributed by atoms with Gasteiger partial charge in [-0.1, -0.05) is 0 Å². The van der Waals surface area contributed by atoms with Crippen LogP contribution < -0.4 is 5.32 Å². The maximum Gasteiger partial charge on any atom is 0.311 e. The van der Waals surface area contributed by atoms with Crippen LogP contribution in [0.25, 0.3) is 0 Å². The fourth-order valence-corrected chi connectivity index (χ4v) is 5.70. The summed E-state index contributed by atoms with van der Waals surface area (Å²) in [7, 11) is 1.39. The maximum absolute atomic E-state index is 12.6. The molecule has 1 heterocycles. The highest BCUT2D eigenvalue weighted by Crippen LogP contribution is 2.74. The predicted molar refractivity (Wildman–Crippen MR) is 85.0 cm³/mol. The molecule has 0 spiro atoms. The highest BCUT2D eigenvalue weighted by Gasteiger charge is 2.75. The number of carbonyl (C=O) groups is 2. The minimum Gasteiger partial charge on any atom is -0.469 e. The highest BCUT2D eigenvalue weighted by molar-refractivity contribution is 7.16. The van der Waals surface area contributed by atoms with E-state index in [1.165, 1.54) is 12.0 Å². The van der Waals surface area contributed by atoms with Gasteiger partial charge in [0.15, 0.2) is 0 Å². The van der Waals surface area contributed by atoms with Crippen molar-refractivity contribution in [1.82, 2.24) is 0 Å². The quantitative estimate of drug-likeness (QED) is 0.864. The van der Waals surface area contributed by atoms with E-state index in [0.29, 0.717) is 29.8 Å². The molecule has 23 heavy (non-hydrogen) atoms. The first kappa shape index (κ1) is 14.7. The molecule has 0 atom stereocenters. The first-order valence-electron chi connectivity index (χ1n) is 7.98. The van der Waals surface area contributed by atoms with Crippen molar-refractivity contribution in [3.8, 4) is 6.07 Å². The van der Waals surface area contributed by atoms with E-state index in [-0.39, 0.29) is 11.9 Å². The lowest BCUT2D eigenvalue weighted by Gasteiger charge is -2.66. The Bertz CT molecular complexity index is 739. The van der Waals surface area contributed by atoms with Gasteiger partial charge in [0.2, 0.25) is 5.91 Å². The van der Waals surface area contributed by atoms with E-state index in [4.69, 9.17) is 4.74 Å². The van der Waals surface area contributed by atoms with Gasteiger partial charge in [0.1, 0.15) is 11.1 Å². The van der Waals surface area contributed by atoms with Gasteiger partial charge in [-0.3, -0.25) is 9.59 Å². The Balaban J connectivity index is 1.50. The Morgan fingerprint density at radius 2 is 1.91 bits per heavy atom. The molecule has 1 amide bonds. The smallest absolute Gasteiger partial charge is 0.311 e. The number of anilines is 1. The van der Waals surface area contributed by atoms with Gasteiger partial charge in [0.05, 0.1) is 23.5 Å². The number of fused-ring (bicyclic) bond motifs is 1. The predicted octanol–water partition coefficient (Wildman–Crippen LogP) is 2.78. The third-order valence-corrected chi connectivity index (χ3v) is 6.85. The van der Waals surface area contributed by atoms with E-state index in [0.717, 1.165) is 31.2 Å². The van der Waals surface area contributed by atoms with Crippen molar-refractivity contribution < 1.29 is 14.3 Å². The molecule has 1 aromatic heterocycles. The van der Waals surface area contributed by atoms with Gasteiger partial charge in [-0.2, -0.15) is 5.26 Å². The second-order valence-electron chi connectivity index (χ2n) is 7.06. The van der Waals surface area contributed by atoms with Crippen LogP contribution in [0.2, 0.25) is 0 Å². The number of esters is 1. The summed E-state index contributed by atoms with van der Waals surface area (Å²) in [5.74, 6) is -0.241. The van der Waals surface area contributed by atoms with Crippen molar-refractivity contribution in [3.05, 3.63) is 16.0 Å². The van der Waals surface area contributed by atoms with Crippen molar-refractivity contribution in [2.24, 2.45) is 10.8 Å². The zero-order valence-electron chi connectivity index (χ0n) is 13.0. The Morgan fingerprint density at radius 3 is 2.57 bits per heavy atom. The molecule has 5 rings (SSSR count). The summed E-state index contributed by atoms with van der Waals surface area (Å²) < 4.78 is 4.82. The SMILES string of the molecule is COC(=O)C12CC(C(=O)Nc3sc4c(c3C#N)CCCC4)(C1)C2. The molecule has 0 unspecified atom stereocenters. The van der Waals surface area contributed by atoms with Gasteiger partial charge in [-0.15, -0.1) is 11.3 Å². The van der Waals surface area contributed by atoms with Gasteiger partial charge < -0.3 is 10.1 Å². The third kappa shape index (κ3) is 1.89. The normalized spacial score (nSPS) is 30.3. The molecule has 0 aliphatic heterocycles. The molecular formula is C17H18N2O3S. The molecule has 5 nitrogen and oxygen atoms in total. The lowest BCUT2D eigenvalue weighted by molar-refractivity contribution is -0.220. The molecule has 6 heteroatoms. The Labute approximate surface area is 138 Å². The molecule has 2 bridgehead atoms. The number of aryl methyl sites for hydroxylation is 1. The van der Waals surface area contributed by atoms with Crippen molar-refractivity contribution in [2.75, 3.05) is 12.4 Å². The average molecular weight is 330 g/mol. The molecule has 3 saturated carbocycles. The summed E-state index contributed by atoms with van der Waals surface area (Å²) in [5, 5.41) is 13.1. The summed E-state index contributed by atoms with van der Waals surface area (Å²) in [6, 6.07) is 2.27. The topological polar surface area (TPSA) is 79.2 Å². The average Bonchev–Trinajstić information content (AvgIpc) is 2.81. The summed E-state index contributed by atoms with van der Waals surface area (Å²) in [6.45, 7) is 0. The minimum absolute atomic E-state index is 0.0432. The number of nitriles is 1. The molecule has 4 aliphatic rings. The van der Waals surface area contributed by atoms with Crippen molar-refractivity contribution >= 4 is 28.2 Å². The van der Waals surface area contributed by atoms with E-state index >= 15 is 0 Å². The standard InChI is InChI=1S/C17H18N2O3S/c1-22-15(21)17-7-16(8-17,9-17)14(20)19-13-11(6-18)10-4-2-3-5-12(10)23-13/h2-5,7-9H2,1H3,(H,19,20). The van der Waals surface area contributed by atoms with Gasteiger partial charge >= 0.3 is 5.97 Å². The zero-order valence-corrected chi connectivity index (χ0v) is 13.8. The third-order valence-electron chi connectivity index (χ3n) is 5.64. The van der Waals surface area contributed by atoms with Crippen LogP contribution in [0.4, 0.5) is 5.00 Å². The molecule has 0 radical (unpaired) electrons. The van der Waals surface area contributed by atoms with E-state index in [1.54, 1.807) is 11.3 Å². The maximum atomic E-state index is 12.6. The fourth-order valence-electron chi connectivity index (χ4n) is 4.47. The van der Waals surface area contributed by atoms with E-state index in [1.807, 2.05) is 0 Å². The number of nitrogens with one attached hydrogen (secondary N) is 1. The molecule has 3 fully saturated rings. The number of ether oxygens (including phenoxy) is 1. The number of methoxy groups -OCH3 is 1. The van der Waals surface area contributed by atoms with Crippen molar-refractivity contribution in [2.45, 2.75) is 44.9 Å². The van der Waals surface area contributed by atoms with Crippen LogP contribution in [0.15, 0.2) is 0 Å². The number of nitrogens with zero attached hydrogens (tertiary/aromatic N) is 1. The second kappa shape index (κ2) is 4.81. The molecule has 4 aliphatic carbocycles. The van der Waals surface area contributed by atoms with Crippen molar-refractivity contribution in [1.29, 1.82) is 5.26 Å².